The summed E-state index contributed by atoms with van der Waals surface area (Å²) in [6, 6.07) is 15.0. The van der Waals surface area contributed by atoms with E-state index in [0.717, 1.165) is 24.9 Å². The lowest BCUT2D eigenvalue weighted by Gasteiger charge is -2.23. The van der Waals surface area contributed by atoms with Gasteiger partial charge in [-0.2, -0.15) is 0 Å². The van der Waals surface area contributed by atoms with Gasteiger partial charge in [0.15, 0.2) is 18.1 Å². The highest BCUT2D eigenvalue weighted by molar-refractivity contribution is 5.94. The minimum atomic E-state index is -0.0556. The minimum Gasteiger partial charge on any atom is -0.484 e. The molecule has 132 valence electrons. The summed E-state index contributed by atoms with van der Waals surface area (Å²) in [5, 5.41) is 0. The molecule has 2 aromatic carbocycles. The average molecular weight is 341 g/mol. The van der Waals surface area contributed by atoms with Crippen LogP contribution >= 0.6 is 0 Å². The zero-order valence-electron chi connectivity index (χ0n) is 14.4. The van der Waals surface area contributed by atoms with E-state index in [0.29, 0.717) is 23.8 Å². The number of benzene rings is 2. The quantitative estimate of drug-likeness (QED) is 0.681. The van der Waals surface area contributed by atoms with Gasteiger partial charge < -0.3 is 19.1 Å². The number of carbonyl (C=O) groups is 1. The Morgan fingerprint density at radius 2 is 1.88 bits per heavy atom. The van der Waals surface area contributed by atoms with Gasteiger partial charge in [0.25, 0.3) is 5.91 Å². The second-order valence-electron chi connectivity index (χ2n) is 5.89. The minimum absolute atomic E-state index is 0.0132. The number of hydrogen-bond acceptors (Lipinski definition) is 4. The van der Waals surface area contributed by atoms with Crippen molar-refractivity contribution in [3.8, 4) is 17.2 Å². The molecule has 0 spiro atoms. The van der Waals surface area contributed by atoms with Crippen LogP contribution in [0.15, 0.2) is 48.5 Å². The van der Waals surface area contributed by atoms with Crippen LogP contribution in [-0.2, 0) is 4.79 Å². The molecule has 0 bridgehead atoms. The number of unbranched alkanes of at least 4 members (excludes halogenated alkanes) is 2. The van der Waals surface area contributed by atoms with E-state index in [1.54, 1.807) is 23.1 Å². The smallest absolute Gasteiger partial charge is 0.264 e. The molecule has 0 fully saturated rings. The molecule has 1 heterocycles. The molecule has 2 aromatic rings. The number of nitrogens with zero attached hydrogens (tertiary/aromatic N) is 1. The van der Waals surface area contributed by atoms with Gasteiger partial charge >= 0.3 is 0 Å². The zero-order chi connectivity index (χ0) is 17.5. The fourth-order valence-electron chi connectivity index (χ4n) is 2.72. The van der Waals surface area contributed by atoms with Gasteiger partial charge in [-0.25, -0.2) is 0 Å². The largest absolute Gasteiger partial charge is 0.484 e. The van der Waals surface area contributed by atoms with Crippen molar-refractivity contribution < 1.29 is 19.0 Å². The number of rotatable bonds is 8. The van der Waals surface area contributed by atoms with Crippen molar-refractivity contribution in [2.75, 3.05) is 24.8 Å². The summed E-state index contributed by atoms with van der Waals surface area (Å²) in [5.74, 6) is 1.89. The number of hydrogen-bond donors (Lipinski definition) is 0. The third-order valence-electron chi connectivity index (χ3n) is 4.06. The molecule has 1 amide bonds. The van der Waals surface area contributed by atoms with Gasteiger partial charge in [-0.05, 0) is 30.7 Å². The van der Waals surface area contributed by atoms with E-state index in [4.69, 9.17) is 14.2 Å². The average Bonchev–Trinajstić information content (AvgIpc) is 3.12. The molecule has 0 radical (unpaired) electrons. The molecule has 5 nitrogen and oxygen atoms in total. The number of ether oxygens (including phenoxy) is 3. The lowest BCUT2D eigenvalue weighted by atomic mass is 10.2. The number of para-hydroxylation sites is 1. The van der Waals surface area contributed by atoms with Crippen molar-refractivity contribution in [1.29, 1.82) is 0 Å². The van der Waals surface area contributed by atoms with Gasteiger partial charge in [-0.1, -0.05) is 38.0 Å². The van der Waals surface area contributed by atoms with E-state index in [1.165, 1.54) is 0 Å². The molecule has 0 aromatic heterocycles. The number of carbonyl (C=O) groups excluding carboxylic acids is 1. The van der Waals surface area contributed by atoms with E-state index in [2.05, 4.69) is 6.92 Å². The molecular formula is C20H23NO4. The topological polar surface area (TPSA) is 48.0 Å². The molecular weight excluding hydrogens is 318 g/mol. The van der Waals surface area contributed by atoms with Crippen LogP contribution in [0.1, 0.15) is 26.2 Å². The summed E-state index contributed by atoms with van der Waals surface area (Å²) in [4.78, 5) is 14.5. The molecule has 0 N–H and O–H groups in total. The second-order valence-corrected chi connectivity index (χ2v) is 5.89. The Labute approximate surface area is 148 Å². The van der Waals surface area contributed by atoms with Crippen LogP contribution in [-0.4, -0.2) is 25.9 Å². The SMILES string of the molecule is CCCCCN(C(=O)COc1ccc2c(c1)OCO2)c1ccccc1. The second kappa shape index (κ2) is 8.42. The number of anilines is 1. The third kappa shape index (κ3) is 4.44. The summed E-state index contributed by atoms with van der Waals surface area (Å²) in [6.45, 7) is 3.05. The lowest BCUT2D eigenvalue weighted by molar-refractivity contribution is -0.120. The van der Waals surface area contributed by atoms with Crippen molar-refractivity contribution in [3.05, 3.63) is 48.5 Å². The Morgan fingerprint density at radius 3 is 2.68 bits per heavy atom. The van der Waals surface area contributed by atoms with Crippen LogP contribution in [0, 0.1) is 0 Å². The van der Waals surface area contributed by atoms with Crippen LogP contribution in [0.2, 0.25) is 0 Å². The zero-order valence-corrected chi connectivity index (χ0v) is 14.4. The molecule has 1 aliphatic rings. The molecule has 0 unspecified atom stereocenters. The first-order valence-electron chi connectivity index (χ1n) is 8.66. The molecule has 3 rings (SSSR count). The molecule has 0 saturated carbocycles. The van der Waals surface area contributed by atoms with E-state index in [-0.39, 0.29) is 19.3 Å². The van der Waals surface area contributed by atoms with Crippen LogP contribution in [0.25, 0.3) is 0 Å². The van der Waals surface area contributed by atoms with E-state index >= 15 is 0 Å². The summed E-state index contributed by atoms with van der Waals surface area (Å²) < 4.78 is 16.3. The Kier molecular flexibility index (Phi) is 5.77. The summed E-state index contributed by atoms with van der Waals surface area (Å²) in [7, 11) is 0. The van der Waals surface area contributed by atoms with Gasteiger partial charge in [-0.15, -0.1) is 0 Å². The normalized spacial score (nSPS) is 12.0. The van der Waals surface area contributed by atoms with E-state index in [1.807, 2.05) is 30.3 Å². The first-order valence-corrected chi connectivity index (χ1v) is 8.66. The van der Waals surface area contributed by atoms with Crippen molar-refractivity contribution in [3.63, 3.8) is 0 Å². The van der Waals surface area contributed by atoms with Crippen molar-refractivity contribution >= 4 is 11.6 Å². The number of amides is 1. The summed E-state index contributed by atoms with van der Waals surface area (Å²) >= 11 is 0. The molecule has 0 atom stereocenters. The van der Waals surface area contributed by atoms with Gasteiger partial charge in [0, 0.05) is 18.3 Å². The maximum atomic E-state index is 12.7. The highest BCUT2D eigenvalue weighted by atomic mass is 16.7. The number of fused-ring (bicyclic) bond motifs is 1. The molecule has 5 heteroatoms. The maximum absolute atomic E-state index is 12.7. The van der Waals surface area contributed by atoms with Gasteiger partial charge in [0.2, 0.25) is 6.79 Å². The Bertz CT molecular complexity index is 702. The first-order chi connectivity index (χ1) is 12.3. The lowest BCUT2D eigenvalue weighted by Crippen LogP contribution is -2.35. The van der Waals surface area contributed by atoms with Crippen molar-refractivity contribution in [2.45, 2.75) is 26.2 Å². The van der Waals surface area contributed by atoms with Crippen molar-refractivity contribution in [1.82, 2.24) is 0 Å². The van der Waals surface area contributed by atoms with Gasteiger partial charge in [-0.3, -0.25) is 4.79 Å². The Morgan fingerprint density at radius 1 is 1.08 bits per heavy atom. The highest BCUT2D eigenvalue weighted by Gasteiger charge is 2.17. The molecule has 25 heavy (non-hydrogen) atoms. The fraction of sp³-hybridized carbons (Fsp3) is 0.350. The van der Waals surface area contributed by atoms with E-state index in [9.17, 15) is 4.79 Å². The fourth-order valence-corrected chi connectivity index (χ4v) is 2.72. The molecule has 1 aliphatic heterocycles. The van der Waals surface area contributed by atoms with Crippen LogP contribution in [0.4, 0.5) is 5.69 Å². The van der Waals surface area contributed by atoms with Gasteiger partial charge in [0.05, 0.1) is 0 Å². The molecule has 0 aliphatic carbocycles. The summed E-state index contributed by atoms with van der Waals surface area (Å²) in [5.41, 5.74) is 0.901. The van der Waals surface area contributed by atoms with Gasteiger partial charge in [0.1, 0.15) is 5.75 Å². The Hall–Kier alpha value is -2.69. The summed E-state index contributed by atoms with van der Waals surface area (Å²) in [6.07, 6.45) is 3.19. The van der Waals surface area contributed by atoms with Crippen LogP contribution < -0.4 is 19.1 Å². The monoisotopic (exact) mass is 341 g/mol. The van der Waals surface area contributed by atoms with Crippen LogP contribution in [0.3, 0.4) is 0 Å². The maximum Gasteiger partial charge on any atom is 0.264 e. The predicted octanol–water partition coefficient (Wildman–Crippen LogP) is 4.02. The van der Waals surface area contributed by atoms with E-state index < -0.39 is 0 Å². The first kappa shape index (κ1) is 17.1. The third-order valence-corrected chi connectivity index (χ3v) is 4.06. The molecule has 0 saturated heterocycles. The predicted molar refractivity (Wildman–Crippen MR) is 96.4 cm³/mol. The highest BCUT2D eigenvalue weighted by Crippen LogP contribution is 2.35. The van der Waals surface area contributed by atoms with Crippen LogP contribution in [0.5, 0.6) is 17.2 Å². The van der Waals surface area contributed by atoms with Crippen molar-refractivity contribution in [2.24, 2.45) is 0 Å². The Balaban J connectivity index is 1.63. The standard InChI is InChI=1S/C20H23NO4/c1-2-3-7-12-21(16-8-5-4-6-9-16)20(22)14-23-17-10-11-18-19(13-17)25-15-24-18/h4-6,8-11,13H,2-3,7,12,14-15H2,1H3.